The van der Waals surface area contributed by atoms with Crippen molar-refractivity contribution in [3.05, 3.63) is 35.9 Å². The van der Waals surface area contributed by atoms with E-state index in [2.05, 4.69) is 24.4 Å². The summed E-state index contributed by atoms with van der Waals surface area (Å²) >= 11 is 0. The van der Waals surface area contributed by atoms with Crippen LogP contribution < -0.4 is 5.32 Å². The molecular formula is C24H41NO5. The first-order valence-electron chi connectivity index (χ1n) is 10.8. The van der Waals surface area contributed by atoms with Crippen LogP contribution in [0, 0.1) is 11.8 Å². The van der Waals surface area contributed by atoms with E-state index in [1.807, 2.05) is 39.0 Å². The third-order valence-electron chi connectivity index (χ3n) is 4.08. The molecule has 0 bridgehead atoms. The van der Waals surface area contributed by atoms with E-state index < -0.39 is 17.7 Å². The standard InChI is InChI=1S/C20H31NO4.C4H10O/c1-6-16(13-17-10-8-7-9-11-17)12-15(2)24-18(22)14-21-19(23)25-20(3,4)5;1-4(2)3-5/h7-11,15-16H,6,12-14H2,1-5H3,(H,21,23);4-5H,3H2,1-2H3. The van der Waals surface area contributed by atoms with Crippen LogP contribution in [0.3, 0.4) is 0 Å². The zero-order chi connectivity index (χ0) is 23.2. The number of esters is 1. The Kier molecular flexibility index (Phi) is 13.8. The molecule has 0 aromatic heterocycles. The van der Waals surface area contributed by atoms with Gasteiger partial charge in [-0.25, -0.2) is 4.79 Å². The van der Waals surface area contributed by atoms with Gasteiger partial charge in [0.2, 0.25) is 0 Å². The fourth-order valence-electron chi connectivity index (χ4n) is 2.58. The predicted molar refractivity (Wildman–Crippen MR) is 120 cm³/mol. The van der Waals surface area contributed by atoms with Gasteiger partial charge in [-0.15, -0.1) is 0 Å². The minimum atomic E-state index is -0.618. The average molecular weight is 424 g/mol. The molecule has 6 heteroatoms. The molecule has 0 saturated heterocycles. The van der Waals surface area contributed by atoms with Gasteiger partial charge in [-0.1, -0.05) is 57.5 Å². The average Bonchev–Trinajstić information content (AvgIpc) is 2.65. The number of ether oxygens (including phenoxy) is 2. The van der Waals surface area contributed by atoms with Crippen LogP contribution in [0.4, 0.5) is 4.79 Å². The lowest BCUT2D eigenvalue weighted by molar-refractivity contribution is -0.147. The van der Waals surface area contributed by atoms with Crippen LogP contribution in [0.1, 0.15) is 66.9 Å². The smallest absolute Gasteiger partial charge is 0.408 e. The number of aliphatic hydroxyl groups excluding tert-OH is 1. The number of aliphatic hydroxyl groups is 1. The van der Waals surface area contributed by atoms with Crippen molar-refractivity contribution in [2.24, 2.45) is 11.8 Å². The monoisotopic (exact) mass is 423 g/mol. The van der Waals surface area contributed by atoms with Gasteiger partial charge in [-0.2, -0.15) is 0 Å². The van der Waals surface area contributed by atoms with E-state index >= 15 is 0 Å². The molecule has 0 heterocycles. The van der Waals surface area contributed by atoms with E-state index in [4.69, 9.17) is 14.6 Å². The zero-order valence-corrected chi connectivity index (χ0v) is 19.7. The molecule has 0 spiro atoms. The number of hydrogen-bond acceptors (Lipinski definition) is 5. The molecule has 0 aliphatic carbocycles. The Bertz CT molecular complexity index is 595. The Labute approximate surface area is 182 Å². The van der Waals surface area contributed by atoms with Crippen molar-refractivity contribution in [1.82, 2.24) is 5.32 Å². The van der Waals surface area contributed by atoms with E-state index in [-0.39, 0.29) is 12.6 Å². The predicted octanol–water partition coefficient (Wildman–Crippen LogP) is 4.74. The van der Waals surface area contributed by atoms with Crippen molar-refractivity contribution in [3.8, 4) is 0 Å². The molecule has 0 fully saturated rings. The van der Waals surface area contributed by atoms with Gasteiger partial charge in [0.15, 0.2) is 0 Å². The number of rotatable bonds is 9. The fraction of sp³-hybridized carbons (Fsp3) is 0.667. The highest BCUT2D eigenvalue weighted by Gasteiger charge is 2.19. The second-order valence-corrected chi connectivity index (χ2v) is 8.93. The number of hydrogen-bond donors (Lipinski definition) is 2. The normalized spacial score (nSPS) is 13.0. The summed E-state index contributed by atoms with van der Waals surface area (Å²) in [7, 11) is 0. The largest absolute Gasteiger partial charge is 0.461 e. The van der Waals surface area contributed by atoms with Gasteiger partial charge in [0.05, 0.1) is 6.10 Å². The van der Waals surface area contributed by atoms with Crippen molar-refractivity contribution < 1.29 is 24.2 Å². The lowest BCUT2D eigenvalue weighted by atomic mass is 9.92. The van der Waals surface area contributed by atoms with Crippen molar-refractivity contribution in [3.63, 3.8) is 0 Å². The first-order valence-corrected chi connectivity index (χ1v) is 10.8. The highest BCUT2D eigenvalue weighted by atomic mass is 16.6. The van der Waals surface area contributed by atoms with Gasteiger partial charge in [-0.3, -0.25) is 4.79 Å². The molecule has 1 rings (SSSR count). The maximum Gasteiger partial charge on any atom is 0.408 e. The Hall–Kier alpha value is -2.08. The van der Waals surface area contributed by atoms with Gasteiger partial charge < -0.3 is 19.9 Å². The first kappa shape index (κ1) is 27.9. The molecule has 2 N–H and O–H groups in total. The van der Waals surface area contributed by atoms with Crippen molar-refractivity contribution in [2.75, 3.05) is 13.2 Å². The third kappa shape index (κ3) is 15.8. The van der Waals surface area contributed by atoms with Crippen molar-refractivity contribution in [2.45, 2.75) is 79.4 Å². The molecule has 6 nitrogen and oxygen atoms in total. The molecule has 0 saturated carbocycles. The Morgan fingerprint density at radius 1 is 1.10 bits per heavy atom. The molecule has 1 aromatic carbocycles. The van der Waals surface area contributed by atoms with Gasteiger partial charge in [-0.05, 0) is 57.9 Å². The van der Waals surface area contributed by atoms with E-state index in [1.54, 1.807) is 20.8 Å². The Balaban J connectivity index is 0.00000150. The first-order chi connectivity index (χ1) is 14.0. The molecule has 1 aromatic rings. The summed E-state index contributed by atoms with van der Waals surface area (Å²) in [4.78, 5) is 23.4. The van der Waals surface area contributed by atoms with Gasteiger partial charge in [0.25, 0.3) is 0 Å². The molecule has 2 unspecified atom stereocenters. The Morgan fingerprint density at radius 2 is 1.67 bits per heavy atom. The summed E-state index contributed by atoms with van der Waals surface area (Å²) in [5.74, 6) is 0.437. The van der Waals surface area contributed by atoms with Crippen LogP contribution in [0.25, 0.3) is 0 Å². The molecule has 0 aliphatic heterocycles. The molecule has 0 aliphatic rings. The van der Waals surface area contributed by atoms with Gasteiger partial charge in [0, 0.05) is 6.61 Å². The third-order valence-corrected chi connectivity index (χ3v) is 4.08. The molecule has 30 heavy (non-hydrogen) atoms. The van der Waals surface area contributed by atoms with Crippen LogP contribution in [0.2, 0.25) is 0 Å². The zero-order valence-electron chi connectivity index (χ0n) is 19.7. The minimum absolute atomic E-state index is 0.186. The number of nitrogens with one attached hydrogen (secondary N) is 1. The quantitative estimate of drug-likeness (QED) is 0.561. The fourth-order valence-corrected chi connectivity index (χ4v) is 2.58. The second-order valence-electron chi connectivity index (χ2n) is 8.93. The summed E-state index contributed by atoms with van der Waals surface area (Å²) in [5, 5.41) is 10.6. The summed E-state index contributed by atoms with van der Waals surface area (Å²) in [6.07, 6.45) is 1.97. The van der Waals surface area contributed by atoms with Crippen LogP contribution in [-0.4, -0.2) is 42.0 Å². The molecule has 1 amide bonds. The van der Waals surface area contributed by atoms with E-state index in [9.17, 15) is 9.59 Å². The van der Waals surface area contributed by atoms with E-state index in [0.717, 1.165) is 19.3 Å². The van der Waals surface area contributed by atoms with Crippen LogP contribution in [0.15, 0.2) is 30.3 Å². The molecule has 0 radical (unpaired) electrons. The van der Waals surface area contributed by atoms with E-state index in [1.165, 1.54) is 5.56 Å². The lowest BCUT2D eigenvalue weighted by Gasteiger charge is -2.21. The van der Waals surface area contributed by atoms with Crippen molar-refractivity contribution >= 4 is 12.1 Å². The summed E-state index contributed by atoms with van der Waals surface area (Å²) < 4.78 is 10.5. The number of amides is 1. The maximum atomic E-state index is 11.9. The summed E-state index contributed by atoms with van der Waals surface area (Å²) in [6, 6.07) is 10.3. The second kappa shape index (κ2) is 14.8. The van der Waals surface area contributed by atoms with Gasteiger partial charge in [0.1, 0.15) is 12.1 Å². The van der Waals surface area contributed by atoms with Gasteiger partial charge >= 0.3 is 12.1 Å². The number of carbonyl (C=O) groups is 2. The van der Waals surface area contributed by atoms with E-state index in [0.29, 0.717) is 18.4 Å². The van der Waals surface area contributed by atoms with Crippen LogP contribution in [-0.2, 0) is 20.7 Å². The lowest BCUT2D eigenvalue weighted by Crippen LogP contribution is -2.36. The van der Waals surface area contributed by atoms with Crippen LogP contribution >= 0.6 is 0 Å². The number of alkyl carbamates (subject to hydrolysis) is 1. The molecule has 172 valence electrons. The summed E-state index contributed by atoms with van der Waals surface area (Å²) in [5.41, 5.74) is 0.701. The number of carbonyl (C=O) groups excluding carboxylic acids is 2. The van der Waals surface area contributed by atoms with Crippen LogP contribution in [0.5, 0.6) is 0 Å². The number of benzene rings is 1. The highest BCUT2D eigenvalue weighted by molar-refractivity contribution is 5.78. The summed E-state index contributed by atoms with van der Waals surface area (Å²) in [6.45, 7) is 13.4. The highest BCUT2D eigenvalue weighted by Crippen LogP contribution is 2.19. The SMILES string of the molecule is CC(C)CO.CCC(Cc1ccccc1)CC(C)OC(=O)CNC(=O)OC(C)(C)C. The Morgan fingerprint density at radius 3 is 2.13 bits per heavy atom. The van der Waals surface area contributed by atoms with Crippen molar-refractivity contribution in [1.29, 1.82) is 0 Å². The molecular weight excluding hydrogens is 382 g/mol. The maximum absolute atomic E-state index is 11.9. The topological polar surface area (TPSA) is 84.9 Å². The minimum Gasteiger partial charge on any atom is -0.461 e. The molecule has 2 atom stereocenters.